The van der Waals surface area contributed by atoms with E-state index in [2.05, 4.69) is 10.6 Å². The maximum absolute atomic E-state index is 13.9. The van der Waals surface area contributed by atoms with Crippen molar-refractivity contribution in [2.45, 2.75) is 50.8 Å². The van der Waals surface area contributed by atoms with Crippen LogP contribution in [0, 0.1) is 0 Å². The van der Waals surface area contributed by atoms with Crippen LogP contribution in [-0.2, 0) is 10.5 Å². The molecule has 0 saturated carbocycles. The van der Waals surface area contributed by atoms with Gasteiger partial charge in [-0.1, -0.05) is 65.8 Å². The van der Waals surface area contributed by atoms with Crippen molar-refractivity contribution in [1.82, 2.24) is 14.8 Å². The average molecular weight is 590 g/mol. The Kier molecular flexibility index (Phi) is 8.85. The van der Waals surface area contributed by atoms with E-state index in [0.29, 0.717) is 51.2 Å². The Labute approximate surface area is 249 Å². The molecule has 1 aliphatic rings. The van der Waals surface area contributed by atoms with E-state index in [1.54, 1.807) is 4.68 Å². The third-order valence-electron chi connectivity index (χ3n) is 6.40. The van der Waals surface area contributed by atoms with E-state index in [1.165, 1.54) is 11.8 Å². The number of carbonyl (C=O) groups excluding carboxylic acids is 1. The predicted molar refractivity (Wildman–Crippen MR) is 164 cm³/mol. The number of nitrogens with one attached hydrogen (secondary N) is 2. The average Bonchev–Trinajstić information content (AvgIpc) is 3.35. The van der Waals surface area contributed by atoms with Gasteiger partial charge in [0.1, 0.15) is 17.5 Å². The Hall–Kier alpha value is -3.95. The smallest absolute Gasteiger partial charge is 0.255 e. The van der Waals surface area contributed by atoms with Gasteiger partial charge >= 0.3 is 0 Å². The molecule has 0 aliphatic carbocycles. The maximum atomic E-state index is 13.9. The van der Waals surface area contributed by atoms with Crippen LogP contribution < -0.4 is 20.1 Å². The molecule has 1 aromatic heterocycles. The third-order valence-corrected chi connectivity index (χ3v) is 7.65. The van der Waals surface area contributed by atoms with Gasteiger partial charge in [0.25, 0.3) is 5.91 Å². The molecular formula is C31H32ClN5O3S. The molecule has 0 spiro atoms. The van der Waals surface area contributed by atoms with Crippen LogP contribution in [-0.4, -0.2) is 33.4 Å². The third kappa shape index (κ3) is 6.52. The molecule has 0 radical (unpaired) electrons. The van der Waals surface area contributed by atoms with Gasteiger partial charge < -0.3 is 20.1 Å². The standard InChI is InChI=1S/C31H32ClN5O3S/c1-5-39-26-13-9-8-12-25(26)34-29(38)27-20(4)33-30-35-31(41-18-22-10-6-7-11-24(22)32)36-37(30)28(27)21-14-16-23(17-15-21)40-19(2)3/h6-17,19,28H,5,18H2,1-4H3,(H,34,38)(H,33,35,36). The van der Waals surface area contributed by atoms with Gasteiger partial charge in [-0.05, 0) is 69.2 Å². The molecule has 0 bridgehead atoms. The van der Waals surface area contributed by atoms with Crippen molar-refractivity contribution in [2.75, 3.05) is 17.2 Å². The SMILES string of the molecule is CCOc1ccccc1NC(=O)C1=C(C)Nc2nc(SCc3ccccc3Cl)nn2C1c1ccc(OC(C)C)cc1. The van der Waals surface area contributed by atoms with Gasteiger partial charge in [0.05, 0.1) is 24.0 Å². The van der Waals surface area contributed by atoms with Crippen molar-refractivity contribution in [2.24, 2.45) is 0 Å². The minimum atomic E-state index is -0.527. The maximum Gasteiger partial charge on any atom is 0.255 e. The Bertz CT molecular complexity index is 1570. The lowest BCUT2D eigenvalue weighted by Gasteiger charge is -2.29. The molecule has 8 nitrogen and oxygen atoms in total. The van der Waals surface area contributed by atoms with E-state index >= 15 is 0 Å². The summed E-state index contributed by atoms with van der Waals surface area (Å²) in [6, 6.07) is 22.3. The minimum absolute atomic E-state index is 0.0493. The topological polar surface area (TPSA) is 90.3 Å². The first kappa shape index (κ1) is 28.6. The number of carbonyl (C=O) groups is 1. The lowest BCUT2D eigenvalue weighted by Crippen LogP contribution is -2.31. The molecule has 5 rings (SSSR count). The van der Waals surface area contributed by atoms with Crippen LogP contribution >= 0.6 is 23.4 Å². The number of aromatic nitrogens is 3. The molecular weight excluding hydrogens is 558 g/mol. The molecule has 2 heterocycles. The monoisotopic (exact) mass is 589 g/mol. The number of benzene rings is 3. The summed E-state index contributed by atoms with van der Waals surface area (Å²) in [6.45, 7) is 8.24. The molecule has 2 N–H and O–H groups in total. The second kappa shape index (κ2) is 12.7. The summed E-state index contributed by atoms with van der Waals surface area (Å²) in [5.74, 6) is 2.27. The normalized spacial score (nSPS) is 14.4. The van der Waals surface area contributed by atoms with Gasteiger partial charge in [0.15, 0.2) is 0 Å². The molecule has 41 heavy (non-hydrogen) atoms. The molecule has 10 heteroatoms. The first-order chi connectivity index (χ1) is 19.8. The Balaban J connectivity index is 1.50. The number of para-hydroxylation sites is 2. The summed E-state index contributed by atoms with van der Waals surface area (Å²) in [4.78, 5) is 18.7. The molecule has 1 unspecified atom stereocenters. The molecule has 212 valence electrons. The number of fused-ring (bicyclic) bond motifs is 1. The van der Waals surface area contributed by atoms with Crippen molar-refractivity contribution < 1.29 is 14.3 Å². The summed E-state index contributed by atoms with van der Waals surface area (Å²) in [5.41, 5.74) is 3.68. The number of ether oxygens (including phenoxy) is 2. The minimum Gasteiger partial charge on any atom is -0.492 e. The number of thioether (sulfide) groups is 1. The summed E-state index contributed by atoms with van der Waals surface area (Å²) in [6.07, 6.45) is 0.0493. The Morgan fingerprint density at radius 2 is 1.83 bits per heavy atom. The lowest BCUT2D eigenvalue weighted by atomic mass is 9.95. The number of amides is 1. The second-order valence-corrected chi connectivity index (χ2v) is 11.1. The predicted octanol–water partition coefficient (Wildman–Crippen LogP) is 7.34. The van der Waals surface area contributed by atoms with Crippen LogP contribution in [0.15, 0.2) is 89.2 Å². The van der Waals surface area contributed by atoms with E-state index < -0.39 is 6.04 Å². The number of anilines is 2. The Morgan fingerprint density at radius 3 is 2.56 bits per heavy atom. The van der Waals surface area contributed by atoms with E-state index in [-0.39, 0.29) is 12.0 Å². The molecule has 3 aromatic carbocycles. The molecule has 0 fully saturated rings. The van der Waals surface area contributed by atoms with E-state index in [4.69, 9.17) is 31.2 Å². The molecule has 1 amide bonds. The van der Waals surface area contributed by atoms with Crippen LogP contribution in [0.3, 0.4) is 0 Å². The van der Waals surface area contributed by atoms with E-state index in [0.717, 1.165) is 16.9 Å². The zero-order valence-corrected chi connectivity index (χ0v) is 24.9. The molecule has 1 aliphatic heterocycles. The van der Waals surface area contributed by atoms with Crippen molar-refractivity contribution >= 4 is 40.9 Å². The zero-order chi connectivity index (χ0) is 28.9. The van der Waals surface area contributed by atoms with Gasteiger partial charge in [-0.2, -0.15) is 4.98 Å². The number of hydrogen-bond acceptors (Lipinski definition) is 7. The van der Waals surface area contributed by atoms with Crippen molar-refractivity contribution in [1.29, 1.82) is 0 Å². The zero-order valence-electron chi connectivity index (χ0n) is 23.3. The first-order valence-corrected chi connectivity index (χ1v) is 14.8. The van der Waals surface area contributed by atoms with Crippen LogP contribution in [0.4, 0.5) is 11.6 Å². The highest BCUT2D eigenvalue weighted by molar-refractivity contribution is 7.98. The van der Waals surface area contributed by atoms with E-state index in [9.17, 15) is 4.79 Å². The fourth-order valence-electron chi connectivity index (χ4n) is 4.59. The molecule has 1 atom stereocenters. The number of hydrogen-bond donors (Lipinski definition) is 2. The van der Waals surface area contributed by atoms with Crippen molar-refractivity contribution in [3.63, 3.8) is 0 Å². The van der Waals surface area contributed by atoms with Gasteiger partial charge in [0.2, 0.25) is 11.1 Å². The van der Waals surface area contributed by atoms with E-state index in [1.807, 2.05) is 100 Å². The summed E-state index contributed by atoms with van der Waals surface area (Å²) < 4.78 is 13.4. The van der Waals surface area contributed by atoms with Gasteiger partial charge in [-0.15, -0.1) is 5.10 Å². The largest absolute Gasteiger partial charge is 0.492 e. The summed E-state index contributed by atoms with van der Waals surface area (Å²) in [5, 5.41) is 12.5. The van der Waals surface area contributed by atoms with Gasteiger partial charge in [-0.3, -0.25) is 4.79 Å². The molecule has 0 saturated heterocycles. The first-order valence-electron chi connectivity index (χ1n) is 13.4. The molecule has 4 aromatic rings. The van der Waals surface area contributed by atoms with Crippen molar-refractivity contribution in [3.8, 4) is 11.5 Å². The van der Waals surface area contributed by atoms with Gasteiger partial charge in [0, 0.05) is 16.5 Å². The number of allylic oxidation sites excluding steroid dienone is 1. The van der Waals surface area contributed by atoms with Crippen LogP contribution in [0.5, 0.6) is 11.5 Å². The lowest BCUT2D eigenvalue weighted by molar-refractivity contribution is -0.113. The summed E-state index contributed by atoms with van der Waals surface area (Å²) >= 11 is 7.85. The highest BCUT2D eigenvalue weighted by Gasteiger charge is 2.34. The summed E-state index contributed by atoms with van der Waals surface area (Å²) in [7, 11) is 0. The number of nitrogens with zero attached hydrogens (tertiary/aromatic N) is 3. The number of rotatable bonds is 10. The van der Waals surface area contributed by atoms with Crippen LogP contribution in [0.1, 0.15) is 44.9 Å². The quantitative estimate of drug-likeness (QED) is 0.187. The Morgan fingerprint density at radius 1 is 1.10 bits per heavy atom. The second-order valence-electron chi connectivity index (χ2n) is 9.73. The van der Waals surface area contributed by atoms with Crippen LogP contribution in [0.2, 0.25) is 5.02 Å². The van der Waals surface area contributed by atoms with Crippen molar-refractivity contribution in [3.05, 3.63) is 100 Å². The highest BCUT2D eigenvalue weighted by atomic mass is 35.5. The number of halogens is 1. The highest BCUT2D eigenvalue weighted by Crippen LogP contribution is 2.38. The fourth-order valence-corrected chi connectivity index (χ4v) is 5.71. The van der Waals surface area contributed by atoms with Crippen LogP contribution in [0.25, 0.3) is 0 Å². The fraction of sp³-hybridized carbons (Fsp3) is 0.258. The van der Waals surface area contributed by atoms with Gasteiger partial charge in [-0.25, -0.2) is 4.68 Å².